The number of aryl methyl sites for hydroxylation is 1. The SMILES string of the molecule is CCN(CC)CCNc1cc(C)nc(NC)n1. The van der Waals surface area contributed by atoms with Gasteiger partial charge in [-0.25, -0.2) is 4.98 Å². The Balaban J connectivity index is 2.48. The highest BCUT2D eigenvalue weighted by atomic mass is 15.2. The average molecular weight is 237 g/mol. The normalized spacial score (nSPS) is 10.6. The summed E-state index contributed by atoms with van der Waals surface area (Å²) in [5.41, 5.74) is 0.967. The second kappa shape index (κ2) is 7.06. The lowest BCUT2D eigenvalue weighted by molar-refractivity contribution is 0.316. The highest BCUT2D eigenvalue weighted by molar-refractivity contribution is 5.41. The Bertz CT molecular complexity index is 336. The van der Waals surface area contributed by atoms with E-state index in [0.717, 1.165) is 37.7 Å². The number of anilines is 2. The second-order valence-corrected chi connectivity index (χ2v) is 3.92. The van der Waals surface area contributed by atoms with Crippen molar-refractivity contribution in [3.8, 4) is 0 Å². The quantitative estimate of drug-likeness (QED) is 0.754. The van der Waals surface area contributed by atoms with Crippen LogP contribution in [0.5, 0.6) is 0 Å². The number of rotatable bonds is 7. The Kier molecular flexibility index (Phi) is 5.69. The van der Waals surface area contributed by atoms with Crippen molar-refractivity contribution in [2.75, 3.05) is 43.9 Å². The van der Waals surface area contributed by atoms with E-state index in [1.807, 2.05) is 20.0 Å². The van der Waals surface area contributed by atoms with Gasteiger partial charge in [0.1, 0.15) is 5.82 Å². The van der Waals surface area contributed by atoms with Crippen molar-refractivity contribution < 1.29 is 0 Å². The maximum absolute atomic E-state index is 4.35. The van der Waals surface area contributed by atoms with Gasteiger partial charge in [-0.15, -0.1) is 0 Å². The van der Waals surface area contributed by atoms with E-state index in [1.165, 1.54) is 0 Å². The summed E-state index contributed by atoms with van der Waals surface area (Å²) in [5, 5.41) is 6.28. The molecule has 1 aromatic rings. The van der Waals surface area contributed by atoms with Crippen molar-refractivity contribution in [2.45, 2.75) is 20.8 Å². The number of hydrogen-bond donors (Lipinski definition) is 2. The lowest BCUT2D eigenvalue weighted by atomic mass is 10.4. The zero-order chi connectivity index (χ0) is 12.7. The maximum atomic E-state index is 4.35. The number of aromatic nitrogens is 2. The molecule has 0 spiro atoms. The fourth-order valence-electron chi connectivity index (χ4n) is 1.65. The Morgan fingerprint density at radius 3 is 2.53 bits per heavy atom. The first kappa shape index (κ1) is 13.7. The zero-order valence-electron chi connectivity index (χ0n) is 11.2. The number of hydrogen-bond acceptors (Lipinski definition) is 5. The van der Waals surface area contributed by atoms with E-state index in [2.05, 4.69) is 39.3 Å². The first-order chi connectivity index (χ1) is 8.19. The van der Waals surface area contributed by atoms with Crippen molar-refractivity contribution in [2.24, 2.45) is 0 Å². The molecule has 0 saturated carbocycles. The summed E-state index contributed by atoms with van der Waals surface area (Å²) in [6.45, 7) is 10.4. The van der Waals surface area contributed by atoms with Crippen LogP contribution in [0.3, 0.4) is 0 Å². The molecule has 2 N–H and O–H groups in total. The van der Waals surface area contributed by atoms with Crippen LogP contribution < -0.4 is 10.6 Å². The molecule has 0 bridgehead atoms. The molecule has 0 saturated heterocycles. The van der Waals surface area contributed by atoms with Crippen LogP contribution in [0, 0.1) is 6.92 Å². The Hall–Kier alpha value is -1.36. The van der Waals surface area contributed by atoms with Crippen LogP contribution in [0.1, 0.15) is 19.5 Å². The lowest BCUT2D eigenvalue weighted by Crippen LogP contribution is -2.28. The molecule has 17 heavy (non-hydrogen) atoms. The summed E-state index contributed by atoms with van der Waals surface area (Å²) >= 11 is 0. The van der Waals surface area contributed by atoms with Crippen LogP contribution in [0.25, 0.3) is 0 Å². The largest absolute Gasteiger partial charge is 0.369 e. The zero-order valence-corrected chi connectivity index (χ0v) is 11.2. The maximum Gasteiger partial charge on any atom is 0.224 e. The molecular weight excluding hydrogens is 214 g/mol. The standard InChI is InChI=1S/C12H23N5/c1-5-17(6-2)8-7-14-11-9-10(3)15-12(13-4)16-11/h9H,5-8H2,1-4H3,(H2,13,14,15,16). The van der Waals surface area contributed by atoms with E-state index in [9.17, 15) is 0 Å². The lowest BCUT2D eigenvalue weighted by Gasteiger charge is -2.18. The molecule has 0 unspecified atom stereocenters. The Labute approximate surface area is 104 Å². The Morgan fingerprint density at radius 2 is 1.94 bits per heavy atom. The fraction of sp³-hybridized carbons (Fsp3) is 0.667. The van der Waals surface area contributed by atoms with Crippen molar-refractivity contribution >= 4 is 11.8 Å². The van der Waals surface area contributed by atoms with Gasteiger partial charge in [-0.3, -0.25) is 0 Å². The smallest absolute Gasteiger partial charge is 0.224 e. The second-order valence-electron chi connectivity index (χ2n) is 3.92. The van der Waals surface area contributed by atoms with Gasteiger partial charge >= 0.3 is 0 Å². The summed E-state index contributed by atoms with van der Waals surface area (Å²) in [7, 11) is 1.83. The first-order valence-electron chi connectivity index (χ1n) is 6.19. The summed E-state index contributed by atoms with van der Waals surface area (Å²) in [5.74, 6) is 1.55. The summed E-state index contributed by atoms with van der Waals surface area (Å²) in [6.07, 6.45) is 0. The van der Waals surface area contributed by atoms with Crippen LogP contribution in [0.15, 0.2) is 6.07 Å². The molecule has 5 heteroatoms. The van der Waals surface area contributed by atoms with E-state index >= 15 is 0 Å². The number of likely N-dealkylation sites (N-methyl/N-ethyl adjacent to an activating group) is 1. The predicted molar refractivity (Wildman–Crippen MR) is 72.6 cm³/mol. The van der Waals surface area contributed by atoms with Crippen LogP contribution in [-0.4, -0.2) is 48.1 Å². The van der Waals surface area contributed by atoms with Crippen molar-refractivity contribution in [3.63, 3.8) is 0 Å². The molecule has 0 atom stereocenters. The molecule has 0 aliphatic heterocycles. The van der Waals surface area contributed by atoms with Gasteiger partial charge in [0.15, 0.2) is 0 Å². The molecule has 0 fully saturated rings. The summed E-state index contributed by atoms with van der Waals surface area (Å²) < 4.78 is 0. The van der Waals surface area contributed by atoms with Gasteiger partial charge < -0.3 is 15.5 Å². The van der Waals surface area contributed by atoms with Gasteiger partial charge in [-0.2, -0.15) is 4.98 Å². The molecule has 1 rings (SSSR count). The molecule has 0 aliphatic rings. The molecule has 96 valence electrons. The molecule has 5 nitrogen and oxygen atoms in total. The third kappa shape index (κ3) is 4.56. The van der Waals surface area contributed by atoms with Gasteiger partial charge in [0, 0.05) is 31.9 Å². The van der Waals surface area contributed by atoms with E-state index in [-0.39, 0.29) is 0 Å². The average Bonchev–Trinajstić information content (AvgIpc) is 2.34. The minimum atomic E-state index is 0.662. The highest BCUT2D eigenvalue weighted by Gasteiger charge is 2.01. The van der Waals surface area contributed by atoms with Gasteiger partial charge in [0.25, 0.3) is 0 Å². The third-order valence-corrected chi connectivity index (χ3v) is 2.71. The molecule has 1 aromatic heterocycles. The third-order valence-electron chi connectivity index (χ3n) is 2.71. The van der Waals surface area contributed by atoms with Crippen LogP contribution in [-0.2, 0) is 0 Å². The molecule has 0 radical (unpaired) electrons. The van der Waals surface area contributed by atoms with E-state index in [4.69, 9.17) is 0 Å². The molecule has 0 aromatic carbocycles. The van der Waals surface area contributed by atoms with Crippen molar-refractivity contribution in [1.82, 2.24) is 14.9 Å². The molecular formula is C12H23N5. The molecule has 0 amide bonds. The van der Waals surface area contributed by atoms with Crippen molar-refractivity contribution in [3.05, 3.63) is 11.8 Å². The van der Waals surface area contributed by atoms with E-state index < -0.39 is 0 Å². The van der Waals surface area contributed by atoms with Gasteiger partial charge in [-0.05, 0) is 20.0 Å². The van der Waals surface area contributed by atoms with Gasteiger partial charge in [-0.1, -0.05) is 13.8 Å². The monoisotopic (exact) mass is 237 g/mol. The molecule has 1 heterocycles. The van der Waals surface area contributed by atoms with Crippen LogP contribution in [0.2, 0.25) is 0 Å². The minimum Gasteiger partial charge on any atom is -0.369 e. The summed E-state index contributed by atoms with van der Waals surface area (Å²) in [4.78, 5) is 11.0. The predicted octanol–water partition coefficient (Wildman–Crippen LogP) is 1.58. The van der Waals surface area contributed by atoms with E-state index in [0.29, 0.717) is 5.95 Å². The topological polar surface area (TPSA) is 53.1 Å². The fourth-order valence-corrected chi connectivity index (χ4v) is 1.65. The highest BCUT2D eigenvalue weighted by Crippen LogP contribution is 2.08. The minimum absolute atomic E-state index is 0.662. The molecule has 0 aliphatic carbocycles. The first-order valence-corrected chi connectivity index (χ1v) is 6.19. The van der Waals surface area contributed by atoms with Gasteiger partial charge in [0.2, 0.25) is 5.95 Å². The van der Waals surface area contributed by atoms with Crippen LogP contribution >= 0.6 is 0 Å². The van der Waals surface area contributed by atoms with Gasteiger partial charge in [0.05, 0.1) is 0 Å². The van der Waals surface area contributed by atoms with Crippen molar-refractivity contribution in [1.29, 1.82) is 0 Å². The number of nitrogens with zero attached hydrogens (tertiary/aromatic N) is 3. The number of nitrogens with one attached hydrogen (secondary N) is 2. The summed E-state index contributed by atoms with van der Waals surface area (Å²) in [6, 6.07) is 1.96. The van der Waals surface area contributed by atoms with Crippen LogP contribution in [0.4, 0.5) is 11.8 Å². The van der Waals surface area contributed by atoms with E-state index in [1.54, 1.807) is 0 Å². The Morgan fingerprint density at radius 1 is 1.24 bits per heavy atom.